The number of carbonyl (C=O) groups is 1. The Kier molecular flexibility index (Phi) is 7.16. The van der Waals surface area contributed by atoms with Crippen molar-refractivity contribution in [3.8, 4) is 28.4 Å². The van der Waals surface area contributed by atoms with E-state index in [-0.39, 0.29) is 11.8 Å². The predicted molar refractivity (Wildman–Crippen MR) is 119 cm³/mol. The van der Waals surface area contributed by atoms with Crippen molar-refractivity contribution in [2.75, 3.05) is 34.6 Å². The molecule has 0 N–H and O–H groups in total. The molecule has 6 nitrogen and oxygen atoms in total. The zero-order valence-electron chi connectivity index (χ0n) is 18.8. The second kappa shape index (κ2) is 9.54. The summed E-state index contributed by atoms with van der Waals surface area (Å²) < 4.78 is 56.4. The van der Waals surface area contributed by atoms with Gasteiger partial charge in [0.15, 0.2) is 16.9 Å². The summed E-state index contributed by atoms with van der Waals surface area (Å²) in [5.74, 6) is -0.914. The number of benzene rings is 1. The number of methoxy groups -OCH3 is 3. The number of thioether (sulfide) groups is 1. The maximum Gasteiger partial charge on any atom is 0.471 e. The van der Waals surface area contributed by atoms with Crippen molar-refractivity contribution >= 4 is 17.7 Å². The van der Waals surface area contributed by atoms with Gasteiger partial charge in [0, 0.05) is 12.6 Å². The monoisotopic (exact) mass is 483 g/mol. The Balaban J connectivity index is 2.40. The van der Waals surface area contributed by atoms with Crippen LogP contribution in [0.3, 0.4) is 0 Å². The number of halogens is 3. The Labute approximate surface area is 193 Å². The number of alkyl halides is 3. The molecule has 1 aliphatic carbocycles. The van der Waals surface area contributed by atoms with Gasteiger partial charge < -0.3 is 19.1 Å². The van der Waals surface area contributed by atoms with E-state index >= 15 is 0 Å². The number of hydrogen-bond donors (Lipinski definition) is 0. The average Bonchev–Trinajstić information content (AvgIpc) is 3.03. The minimum absolute atomic E-state index is 0.162. The molecular formula is C23H24F3NO5S. The minimum atomic E-state index is -5.04. The van der Waals surface area contributed by atoms with Gasteiger partial charge in [-0.15, -0.1) is 11.8 Å². The van der Waals surface area contributed by atoms with Crippen molar-refractivity contribution in [3.05, 3.63) is 45.6 Å². The highest BCUT2D eigenvalue weighted by Gasteiger charge is 2.44. The van der Waals surface area contributed by atoms with Gasteiger partial charge in [-0.3, -0.25) is 9.59 Å². The lowest BCUT2D eigenvalue weighted by Crippen LogP contribution is -2.41. The molecule has 0 saturated heterocycles. The lowest BCUT2D eigenvalue weighted by atomic mass is 9.95. The van der Waals surface area contributed by atoms with Crippen LogP contribution in [0.2, 0.25) is 0 Å². The van der Waals surface area contributed by atoms with Crippen LogP contribution in [0.5, 0.6) is 17.2 Å². The summed E-state index contributed by atoms with van der Waals surface area (Å²) in [6, 6.07) is 5.38. The molecule has 0 radical (unpaired) electrons. The predicted octanol–water partition coefficient (Wildman–Crippen LogP) is 4.47. The maximum absolute atomic E-state index is 13.3. The number of ether oxygens (including phenoxy) is 3. The summed E-state index contributed by atoms with van der Waals surface area (Å²) in [7, 11) is 5.48. The van der Waals surface area contributed by atoms with Crippen LogP contribution in [0, 0.1) is 0 Å². The van der Waals surface area contributed by atoms with Gasteiger partial charge in [-0.1, -0.05) is 6.07 Å². The van der Waals surface area contributed by atoms with Gasteiger partial charge in [0.25, 0.3) is 0 Å². The summed E-state index contributed by atoms with van der Waals surface area (Å²) in [5.41, 5.74) is 1.78. The molecule has 178 valence electrons. The summed E-state index contributed by atoms with van der Waals surface area (Å²) in [5, 5.41) is 0. The lowest BCUT2D eigenvalue weighted by molar-refractivity contribution is -0.186. The van der Waals surface area contributed by atoms with E-state index in [1.165, 1.54) is 39.2 Å². The summed E-state index contributed by atoms with van der Waals surface area (Å²) >= 11 is 1.23. The van der Waals surface area contributed by atoms with Crippen LogP contribution >= 0.6 is 11.8 Å². The average molecular weight is 484 g/mol. The van der Waals surface area contributed by atoms with E-state index in [1.807, 2.05) is 0 Å². The van der Waals surface area contributed by atoms with Crippen molar-refractivity contribution in [2.24, 2.45) is 0 Å². The summed E-state index contributed by atoms with van der Waals surface area (Å²) in [4.78, 5) is 26.0. The molecule has 0 unspecified atom stereocenters. The van der Waals surface area contributed by atoms with Gasteiger partial charge >= 0.3 is 12.1 Å². The zero-order valence-corrected chi connectivity index (χ0v) is 19.6. The zero-order chi connectivity index (χ0) is 24.5. The normalized spacial score (nSPS) is 15.1. The summed E-state index contributed by atoms with van der Waals surface area (Å²) in [6.45, 7) is 0. The molecule has 0 saturated carbocycles. The van der Waals surface area contributed by atoms with Crippen molar-refractivity contribution in [1.29, 1.82) is 0 Å². The first kappa shape index (κ1) is 24.8. The van der Waals surface area contributed by atoms with E-state index in [2.05, 4.69) is 0 Å². The van der Waals surface area contributed by atoms with Crippen molar-refractivity contribution < 1.29 is 32.2 Å². The molecule has 2 aromatic carbocycles. The van der Waals surface area contributed by atoms with Gasteiger partial charge in [-0.05, 0) is 54.0 Å². The molecule has 0 aliphatic heterocycles. The molecule has 2 aromatic rings. The Morgan fingerprint density at radius 1 is 1.09 bits per heavy atom. The minimum Gasteiger partial charge on any atom is -0.493 e. The molecule has 0 bridgehead atoms. The molecule has 10 heteroatoms. The fourth-order valence-electron chi connectivity index (χ4n) is 4.19. The lowest BCUT2D eigenvalue weighted by Gasteiger charge is -2.29. The molecule has 0 heterocycles. The molecule has 1 aliphatic rings. The third-order valence-electron chi connectivity index (χ3n) is 5.72. The summed E-state index contributed by atoms with van der Waals surface area (Å²) in [6.07, 6.45) is -2.83. The Hall–Kier alpha value is -2.88. The fourth-order valence-corrected chi connectivity index (χ4v) is 4.65. The molecule has 0 spiro atoms. The van der Waals surface area contributed by atoms with Crippen molar-refractivity contribution in [3.63, 3.8) is 0 Å². The second-order valence-corrected chi connectivity index (χ2v) is 8.28. The number of hydrogen-bond acceptors (Lipinski definition) is 6. The molecule has 33 heavy (non-hydrogen) atoms. The van der Waals surface area contributed by atoms with E-state index in [0.717, 1.165) is 12.6 Å². The highest BCUT2D eigenvalue weighted by Crippen LogP contribution is 2.51. The van der Waals surface area contributed by atoms with E-state index in [1.54, 1.807) is 24.5 Å². The maximum atomic E-state index is 13.3. The van der Waals surface area contributed by atoms with Crippen LogP contribution in [0.4, 0.5) is 13.2 Å². The molecule has 1 atom stereocenters. The number of amides is 1. The molecular weight excluding hydrogens is 459 g/mol. The van der Waals surface area contributed by atoms with E-state index in [9.17, 15) is 22.8 Å². The number of fused-ring (bicyclic) bond motifs is 3. The van der Waals surface area contributed by atoms with Gasteiger partial charge in [0.2, 0.25) is 5.75 Å². The first-order chi connectivity index (χ1) is 15.6. The Morgan fingerprint density at radius 2 is 1.76 bits per heavy atom. The SMILES string of the molecule is COc1cc2c(c(OC)c1OC)-c1ccc(SC)c(=O)cc1[C@@H](N(C)C(=O)C(F)(F)F)CC2. The van der Waals surface area contributed by atoms with Gasteiger partial charge in [-0.2, -0.15) is 13.2 Å². The van der Waals surface area contributed by atoms with E-state index in [0.29, 0.717) is 50.2 Å². The van der Waals surface area contributed by atoms with Gasteiger partial charge in [-0.25, -0.2) is 0 Å². The second-order valence-electron chi connectivity index (χ2n) is 7.43. The smallest absolute Gasteiger partial charge is 0.471 e. The molecule has 3 rings (SSSR count). The highest BCUT2D eigenvalue weighted by molar-refractivity contribution is 7.98. The first-order valence-electron chi connectivity index (χ1n) is 9.97. The fraction of sp³-hybridized carbons (Fsp3) is 0.391. The van der Waals surface area contributed by atoms with Crippen molar-refractivity contribution in [2.45, 2.75) is 30.0 Å². The van der Waals surface area contributed by atoms with Crippen LogP contribution in [0.1, 0.15) is 23.6 Å². The Morgan fingerprint density at radius 3 is 2.30 bits per heavy atom. The quantitative estimate of drug-likeness (QED) is 0.585. The largest absolute Gasteiger partial charge is 0.493 e. The van der Waals surface area contributed by atoms with Crippen molar-refractivity contribution in [1.82, 2.24) is 4.90 Å². The molecule has 0 fully saturated rings. The van der Waals surface area contributed by atoms with Crippen LogP contribution in [-0.4, -0.2) is 51.6 Å². The first-order valence-corrected chi connectivity index (χ1v) is 11.2. The van der Waals surface area contributed by atoms with Crippen LogP contribution in [0.15, 0.2) is 34.0 Å². The van der Waals surface area contributed by atoms with Gasteiger partial charge in [0.1, 0.15) is 0 Å². The van der Waals surface area contributed by atoms with Gasteiger partial charge in [0.05, 0.1) is 32.3 Å². The van der Waals surface area contributed by atoms with E-state index in [4.69, 9.17) is 14.2 Å². The number of rotatable bonds is 5. The topological polar surface area (TPSA) is 65.1 Å². The van der Waals surface area contributed by atoms with Crippen LogP contribution < -0.4 is 19.6 Å². The third kappa shape index (κ3) is 4.48. The number of carbonyl (C=O) groups excluding carboxylic acids is 1. The standard InChI is InChI=1S/C23H24F3NO5S/c1-27(22(29)23(24,25)26)15-8-6-12-10-17(30-2)20(31-3)21(32-4)19(12)13-7-9-18(33-5)16(28)11-14(13)15/h7,9-11,15H,6,8H2,1-5H3/t15-/m0/s1. The van der Waals surface area contributed by atoms with E-state index < -0.39 is 18.1 Å². The number of nitrogens with zero attached hydrogens (tertiary/aromatic N) is 1. The third-order valence-corrected chi connectivity index (χ3v) is 6.50. The number of aryl methyl sites for hydroxylation is 1. The highest BCUT2D eigenvalue weighted by atomic mass is 32.2. The molecule has 1 amide bonds. The van der Waals surface area contributed by atoms with Crippen LogP contribution in [-0.2, 0) is 11.2 Å². The Bertz CT molecular complexity index is 1140. The molecule has 0 aromatic heterocycles. The van der Waals surface area contributed by atoms with Crippen LogP contribution in [0.25, 0.3) is 11.1 Å².